The van der Waals surface area contributed by atoms with E-state index in [0.29, 0.717) is 5.92 Å². The molecule has 1 aromatic carbocycles. The van der Waals surface area contributed by atoms with Gasteiger partial charge in [0.2, 0.25) is 0 Å². The largest absolute Gasteiger partial charge is 0.207 e. The van der Waals surface area contributed by atoms with E-state index in [4.69, 9.17) is 0 Å². The number of hydrogen-bond donors (Lipinski definition) is 0. The highest BCUT2D eigenvalue weighted by atomic mass is 79.9. The van der Waals surface area contributed by atoms with E-state index in [-0.39, 0.29) is 5.82 Å². The van der Waals surface area contributed by atoms with Crippen LogP contribution in [0, 0.1) is 11.7 Å². The van der Waals surface area contributed by atoms with E-state index in [9.17, 15) is 4.39 Å². The van der Waals surface area contributed by atoms with Gasteiger partial charge >= 0.3 is 0 Å². The third-order valence-electron chi connectivity index (χ3n) is 2.38. The van der Waals surface area contributed by atoms with E-state index in [2.05, 4.69) is 22.9 Å². The summed E-state index contributed by atoms with van der Waals surface area (Å²) in [7, 11) is 0. The summed E-state index contributed by atoms with van der Waals surface area (Å²) < 4.78 is 13.3. The van der Waals surface area contributed by atoms with Crippen LogP contribution in [-0.2, 0) is 6.42 Å². The molecule has 14 heavy (non-hydrogen) atoms. The molecule has 0 heterocycles. The predicted octanol–water partition coefficient (Wildman–Crippen LogP) is 4.18. The van der Waals surface area contributed by atoms with Crippen molar-refractivity contribution in [3.63, 3.8) is 0 Å². The fraction of sp³-hybridized carbons (Fsp3) is 0.500. The SMILES string of the molecule is CCCC(CBr)Cc1ccccc1F. The van der Waals surface area contributed by atoms with E-state index in [0.717, 1.165) is 30.2 Å². The minimum absolute atomic E-state index is 0.0745. The van der Waals surface area contributed by atoms with Gasteiger partial charge in [-0.1, -0.05) is 47.5 Å². The van der Waals surface area contributed by atoms with E-state index >= 15 is 0 Å². The lowest BCUT2D eigenvalue weighted by molar-refractivity contribution is 0.514. The third kappa shape index (κ3) is 3.41. The first kappa shape index (κ1) is 11.7. The molecule has 1 rings (SSSR count). The Labute approximate surface area is 93.7 Å². The highest BCUT2D eigenvalue weighted by molar-refractivity contribution is 9.09. The lowest BCUT2D eigenvalue weighted by atomic mass is 9.97. The van der Waals surface area contributed by atoms with E-state index in [1.165, 1.54) is 6.07 Å². The Hall–Kier alpha value is -0.370. The minimum Gasteiger partial charge on any atom is -0.207 e. The molecule has 0 fully saturated rings. The van der Waals surface area contributed by atoms with Gasteiger partial charge in [0.25, 0.3) is 0 Å². The maximum absolute atomic E-state index is 13.3. The quantitative estimate of drug-likeness (QED) is 0.696. The molecule has 2 heteroatoms. The van der Waals surface area contributed by atoms with Crippen LogP contribution in [0.25, 0.3) is 0 Å². The standard InChI is InChI=1S/C12H16BrF/c1-2-5-10(9-13)8-11-6-3-4-7-12(11)14/h3-4,6-7,10H,2,5,8-9H2,1H3. The smallest absolute Gasteiger partial charge is 0.126 e. The maximum atomic E-state index is 13.3. The molecule has 0 saturated heterocycles. The van der Waals surface area contributed by atoms with Crippen molar-refractivity contribution < 1.29 is 4.39 Å². The molecule has 0 bridgehead atoms. The molecular formula is C12H16BrF. The fourth-order valence-electron chi connectivity index (χ4n) is 1.62. The van der Waals surface area contributed by atoms with Crippen molar-refractivity contribution in [2.24, 2.45) is 5.92 Å². The first-order valence-electron chi connectivity index (χ1n) is 5.07. The second kappa shape index (κ2) is 6.18. The van der Waals surface area contributed by atoms with Crippen LogP contribution < -0.4 is 0 Å². The van der Waals surface area contributed by atoms with Crippen molar-refractivity contribution in [3.05, 3.63) is 35.6 Å². The summed E-state index contributed by atoms with van der Waals surface area (Å²) >= 11 is 3.48. The molecule has 0 aromatic heterocycles. The van der Waals surface area contributed by atoms with Crippen LogP contribution in [0.4, 0.5) is 4.39 Å². The van der Waals surface area contributed by atoms with Crippen LogP contribution >= 0.6 is 15.9 Å². The molecule has 1 atom stereocenters. The Morgan fingerprint density at radius 3 is 2.64 bits per heavy atom. The van der Waals surface area contributed by atoms with Crippen LogP contribution in [0.5, 0.6) is 0 Å². The molecule has 0 nitrogen and oxygen atoms in total. The number of hydrogen-bond acceptors (Lipinski definition) is 0. The van der Waals surface area contributed by atoms with Gasteiger partial charge in [0, 0.05) is 5.33 Å². The van der Waals surface area contributed by atoms with Crippen LogP contribution in [0.1, 0.15) is 25.3 Å². The van der Waals surface area contributed by atoms with E-state index in [1.54, 1.807) is 6.07 Å². The average molecular weight is 259 g/mol. The first-order valence-corrected chi connectivity index (χ1v) is 6.19. The van der Waals surface area contributed by atoms with E-state index < -0.39 is 0 Å². The normalized spacial score (nSPS) is 12.8. The monoisotopic (exact) mass is 258 g/mol. The summed E-state index contributed by atoms with van der Waals surface area (Å²) in [6.45, 7) is 2.16. The van der Waals surface area contributed by atoms with Gasteiger partial charge < -0.3 is 0 Å². The molecule has 0 aliphatic carbocycles. The molecule has 1 aromatic rings. The van der Waals surface area contributed by atoms with Crippen molar-refractivity contribution >= 4 is 15.9 Å². The van der Waals surface area contributed by atoms with Gasteiger partial charge in [-0.15, -0.1) is 0 Å². The van der Waals surface area contributed by atoms with Crippen LogP contribution in [-0.4, -0.2) is 5.33 Å². The molecule has 0 spiro atoms. The summed E-state index contributed by atoms with van der Waals surface area (Å²) in [6.07, 6.45) is 3.15. The van der Waals surface area contributed by atoms with Gasteiger partial charge in [-0.05, 0) is 30.4 Å². The second-order valence-electron chi connectivity index (χ2n) is 3.60. The lowest BCUT2D eigenvalue weighted by Crippen LogP contribution is -2.07. The Morgan fingerprint density at radius 2 is 2.07 bits per heavy atom. The molecular weight excluding hydrogens is 243 g/mol. The van der Waals surface area contributed by atoms with Gasteiger partial charge in [-0.25, -0.2) is 4.39 Å². The molecule has 0 radical (unpaired) electrons. The summed E-state index contributed by atoms with van der Waals surface area (Å²) in [5, 5.41) is 0.954. The van der Waals surface area contributed by atoms with E-state index in [1.807, 2.05) is 12.1 Å². The molecule has 0 N–H and O–H groups in total. The molecule has 0 aliphatic rings. The molecule has 78 valence electrons. The van der Waals surface area contributed by atoms with Crippen molar-refractivity contribution in [3.8, 4) is 0 Å². The Balaban J connectivity index is 2.62. The second-order valence-corrected chi connectivity index (χ2v) is 4.25. The summed E-state index contributed by atoms with van der Waals surface area (Å²) in [5.41, 5.74) is 0.838. The van der Waals surface area contributed by atoms with Crippen LogP contribution in [0.2, 0.25) is 0 Å². The van der Waals surface area contributed by atoms with Crippen molar-refractivity contribution in [1.29, 1.82) is 0 Å². The Bertz CT molecular complexity index is 273. The minimum atomic E-state index is -0.0745. The van der Waals surface area contributed by atoms with Gasteiger partial charge in [0.15, 0.2) is 0 Å². The van der Waals surface area contributed by atoms with Crippen LogP contribution in [0.3, 0.4) is 0 Å². The molecule has 0 aliphatic heterocycles. The van der Waals surface area contributed by atoms with Gasteiger partial charge in [0.05, 0.1) is 0 Å². The third-order valence-corrected chi connectivity index (χ3v) is 3.30. The number of alkyl halides is 1. The summed E-state index contributed by atoms with van der Waals surface area (Å²) in [4.78, 5) is 0. The fourth-order valence-corrected chi connectivity index (χ4v) is 2.17. The zero-order chi connectivity index (χ0) is 10.4. The summed E-state index contributed by atoms with van der Waals surface area (Å²) in [6, 6.07) is 7.05. The Morgan fingerprint density at radius 1 is 1.36 bits per heavy atom. The highest BCUT2D eigenvalue weighted by Gasteiger charge is 2.09. The first-order chi connectivity index (χ1) is 6.77. The number of rotatable bonds is 5. The maximum Gasteiger partial charge on any atom is 0.126 e. The van der Waals surface area contributed by atoms with Crippen molar-refractivity contribution in [2.75, 3.05) is 5.33 Å². The number of benzene rings is 1. The molecule has 0 amide bonds. The highest BCUT2D eigenvalue weighted by Crippen LogP contribution is 2.18. The molecule has 1 unspecified atom stereocenters. The summed E-state index contributed by atoms with van der Waals surface area (Å²) in [5.74, 6) is 0.478. The topological polar surface area (TPSA) is 0 Å². The van der Waals surface area contributed by atoms with Gasteiger partial charge in [-0.3, -0.25) is 0 Å². The predicted molar refractivity (Wildman–Crippen MR) is 62.3 cm³/mol. The molecule has 0 saturated carbocycles. The Kier molecular flexibility index (Phi) is 5.16. The van der Waals surface area contributed by atoms with Crippen molar-refractivity contribution in [1.82, 2.24) is 0 Å². The van der Waals surface area contributed by atoms with Crippen molar-refractivity contribution in [2.45, 2.75) is 26.2 Å². The zero-order valence-corrected chi connectivity index (χ0v) is 10.1. The van der Waals surface area contributed by atoms with Gasteiger partial charge in [0.1, 0.15) is 5.82 Å². The number of halogens is 2. The average Bonchev–Trinajstić information content (AvgIpc) is 2.20. The van der Waals surface area contributed by atoms with Crippen LogP contribution in [0.15, 0.2) is 24.3 Å². The zero-order valence-electron chi connectivity index (χ0n) is 8.47. The van der Waals surface area contributed by atoms with Gasteiger partial charge in [-0.2, -0.15) is 0 Å². The lowest BCUT2D eigenvalue weighted by Gasteiger charge is -2.13.